The molecule has 0 aliphatic carbocycles. The van der Waals surface area contributed by atoms with E-state index >= 15 is 0 Å². The summed E-state index contributed by atoms with van der Waals surface area (Å²) in [4.78, 5) is 2.80. The average molecular weight is 306 g/mol. The Morgan fingerprint density at radius 1 is 1.38 bits per heavy atom. The second-order valence-electron chi connectivity index (χ2n) is 2.82. The Hall–Kier alpha value is -0.920. The summed E-state index contributed by atoms with van der Waals surface area (Å²) in [6, 6.07) is 0. The maximum Gasteiger partial charge on any atom is 0.437 e. The first-order valence-corrected chi connectivity index (χ1v) is 5.03. The topological polar surface area (TPSA) is 33.1 Å². The predicted octanol–water partition coefficient (Wildman–Crippen LogP) is 3.64. The van der Waals surface area contributed by atoms with E-state index in [-0.39, 0.29) is 5.33 Å². The first-order chi connectivity index (χ1) is 7.29. The number of aromatic nitrogens is 1. The second kappa shape index (κ2) is 4.52. The summed E-state index contributed by atoms with van der Waals surface area (Å²) in [6.07, 6.45) is -7.45. The fourth-order valence-electron chi connectivity index (χ4n) is 1.09. The Kier molecular flexibility index (Phi) is 3.72. The van der Waals surface area contributed by atoms with Crippen LogP contribution in [0.2, 0.25) is 0 Å². The van der Waals surface area contributed by atoms with Crippen LogP contribution in [0, 0.1) is 0 Å². The Labute approximate surface area is 95.2 Å². The molecule has 0 saturated carbocycles. The van der Waals surface area contributed by atoms with Crippen molar-refractivity contribution in [2.45, 2.75) is 17.9 Å². The summed E-state index contributed by atoms with van der Waals surface area (Å²) < 4.78 is 61.6. The molecule has 0 atom stereocenters. The standard InChI is InChI=1S/C8H5BrF5NO/c9-1-3-4(7(10)11)2-15-6(5(3)16)8(12,13)14/h2,7,16H,1H2. The predicted molar refractivity (Wildman–Crippen MR) is 48.5 cm³/mol. The largest absolute Gasteiger partial charge is 0.505 e. The van der Waals surface area contributed by atoms with Crippen molar-refractivity contribution in [2.24, 2.45) is 0 Å². The van der Waals surface area contributed by atoms with Crippen molar-refractivity contribution >= 4 is 15.9 Å². The summed E-state index contributed by atoms with van der Waals surface area (Å²) >= 11 is 2.74. The van der Waals surface area contributed by atoms with E-state index in [9.17, 15) is 27.1 Å². The fraction of sp³-hybridized carbons (Fsp3) is 0.375. The van der Waals surface area contributed by atoms with Gasteiger partial charge < -0.3 is 5.11 Å². The number of rotatable bonds is 2. The number of hydrogen-bond donors (Lipinski definition) is 1. The van der Waals surface area contributed by atoms with Gasteiger partial charge in [0, 0.05) is 22.7 Å². The minimum Gasteiger partial charge on any atom is -0.505 e. The summed E-state index contributed by atoms with van der Waals surface area (Å²) in [7, 11) is 0. The van der Waals surface area contributed by atoms with Crippen LogP contribution in [0.15, 0.2) is 6.20 Å². The van der Waals surface area contributed by atoms with Crippen LogP contribution < -0.4 is 0 Å². The van der Waals surface area contributed by atoms with E-state index in [0.29, 0.717) is 6.20 Å². The zero-order valence-electron chi connectivity index (χ0n) is 7.52. The highest BCUT2D eigenvalue weighted by molar-refractivity contribution is 9.08. The number of hydrogen-bond acceptors (Lipinski definition) is 2. The normalized spacial score (nSPS) is 12.2. The van der Waals surface area contributed by atoms with Crippen LogP contribution in [0.1, 0.15) is 23.2 Å². The molecule has 0 spiro atoms. The van der Waals surface area contributed by atoms with Gasteiger partial charge in [0.2, 0.25) is 0 Å². The van der Waals surface area contributed by atoms with Gasteiger partial charge in [-0.05, 0) is 0 Å². The molecule has 0 aromatic carbocycles. The van der Waals surface area contributed by atoms with E-state index in [2.05, 4.69) is 20.9 Å². The molecule has 0 amide bonds. The van der Waals surface area contributed by atoms with Crippen LogP contribution in [-0.4, -0.2) is 10.1 Å². The average Bonchev–Trinajstić information content (AvgIpc) is 2.14. The van der Waals surface area contributed by atoms with E-state index in [1.807, 2.05) is 0 Å². The third kappa shape index (κ3) is 2.42. The van der Waals surface area contributed by atoms with Crippen LogP contribution in [-0.2, 0) is 11.5 Å². The first-order valence-electron chi connectivity index (χ1n) is 3.91. The minimum atomic E-state index is -4.87. The summed E-state index contributed by atoms with van der Waals surface area (Å²) in [5.74, 6) is -1.26. The van der Waals surface area contributed by atoms with Gasteiger partial charge in [0.15, 0.2) is 11.4 Å². The monoisotopic (exact) mass is 305 g/mol. The van der Waals surface area contributed by atoms with Gasteiger partial charge in [-0.1, -0.05) is 15.9 Å². The molecule has 0 aliphatic heterocycles. The second-order valence-corrected chi connectivity index (χ2v) is 3.38. The molecule has 1 aromatic rings. The molecule has 2 nitrogen and oxygen atoms in total. The van der Waals surface area contributed by atoms with E-state index in [1.165, 1.54) is 0 Å². The molecule has 0 radical (unpaired) electrons. The molecular weight excluding hydrogens is 301 g/mol. The van der Waals surface area contributed by atoms with Crippen molar-refractivity contribution in [3.05, 3.63) is 23.0 Å². The third-order valence-electron chi connectivity index (χ3n) is 1.83. The Morgan fingerprint density at radius 3 is 2.31 bits per heavy atom. The molecule has 16 heavy (non-hydrogen) atoms. The van der Waals surface area contributed by atoms with E-state index in [4.69, 9.17) is 0 Å². The zero-order valence-corrected chi connectivity index (χ0v) is 9.11. The van der Waals surface area contributed by atoms with Crippen LogP contribution >= 0.6 is 15.9 Å². The highest BCUT2D eigenvalue weighted by Crippen LogP contribution is 2.39. The lowest BCUT2D eigenvalue weighted by Crippen LogP contribution is -2.10. The Balaban J connectivity index is 3.41. The molecule has 0 aliphatic rings. The molecule has 0 saturated heterocycles. The first kappa shape index (κ1) is 13.1. The lowest BCUT2D eigenvalue weighted by Gasteiger charge is -2.13. The van der Waals surface area contributed by atoms with Crippen LogP contribution in [0.3, 0.4) is 0 Å². The van der Waals surface area contributed by atoms with Gasteiger partial charge in [0.25, 0.3) is 6.43 Å². The number of aromatic hydroxyl groups is 1. The minimum absolute atomic E-state index is 0.315. The molecule has 1 N–H and O–H groups in total. The maximum absolute atomic E-state index is 12.4. The van der Waals surface area contributed by atoms with Crippen molar-refractivity contribution in [2.75, 3.05) is 0 Å². The van der Waals surface area contributed by atoms with Crippen LogP contribution in [0.4, 0.5) is 22.0 Å². The van der Waals surface area contributed by atoms with Gasteiger partial charge in [-0.3, -0.25) is 0 Å². The smallest absolute Gasteiger partial charge is 0.437 e. The lowest BCUT2D eigenvalue weighted by molar-refractivity contribution is -0.142. The summed E-state index contributed by atoms with van der Waals surface area (Å²) in [5.41, 5.74) is -2.79. The van der Waals surface area contributed by atoms with Crippen molar-refractivity contribution in [3.8, 4) is 5.75 Å². The lowest BCUT2D eigenvalue weighted by atomic mass is 10.1. The molecule has 0 fully saturated rings. The fourth-order valence-corrected chi connectivity index (χ4v) is 1.68. The van der Waals surface area contributed by atoms with Crippen molar-refractivity contribution in [1.82, 2.24) is 4.98 Å². The summed E-state index contributed by atoms with van der Waals surface area (Å²) in [6.45, 7) is 0. The molecule has 1 heterocycles. The van der Waals surface area contributed by atoms with Crippen LogP contribution in [0.5, 0.6) is 5.75 Å². The van der Waals surface area contributed by atoms with E-state index < -0.39 is 35.2 Å². The highest BCUT2D eigenvalue weighted by Gasteiger charge is 2.37. The molecule has 0 unspecified atom stereocenters. The van der Waals surface area contributed by atoms with Crippen molar-refractivity contribution in [3.63, 3.8) is 0 Å². The van der Waals surface area contributed by atoms with Gasteiger partial charge in [-0.15, -0.1) is 0 Å². The van der Waals surface area contributed by atoms with Gasteiger partial charge in [0.05, 0.1) is 0 Å². The molecule has 1 rings (SSSR count). The van der Waals surface area contributed by atoms with Gasteiger partial charge in [0.1, 0.15) is 0 Å². The maximum atomic E-state index is 12.4. The third-order valence-corrected chi connectivity index (χ3v) is 2.39. The van der Waals surface area contributed by atoms with Gasteiger partial charge in [-0.2, -0.15) is 13.2 Å². The molecule has 8 heteroatoms. The number of nitrogens with zero attached hydrogens (tertiary/aromatic N) is 1. The van der Waals surface area contributed by atoms with E-state index in [1.54, 1.807) is 0 Å². The quantitative estimate of drug-likeness (QED) is 0.668. The zero-order chi connectivity index (χ0) is 12.5. The highest BCUT2D eigenvalue weighted by atomic mass is 79.9. The molecule has 90 valence electrons. The summed E-state index contributed by atoms with van der Waals surface area (Å²) in [5, 5.41) is 8.89. The van der Waals surface area contributed by atoms with Crippen molar-refractivity contribution < 1.29 is 27.1 Å². The van der Waals surface area contributed by atoms with E-state index in [0.717, 1.165) is 0 Å². The number of halogens is 6. The molecule has 1 aromatic heterocycles. The Bertz CT molecular complexity index is 393. The number of alkyl halides is 6. The van der Waals surface area contributed by atoms with Crippen molar-refractivity contribution in [1.29, 1.82) is 0 Å². The SMILES string of the molecule is Oc1c(C(F)(F)F)ncc(C(F)F)c1CBr. The van der Waals surface area contributed by atoms with Gasteiger partial charge in [-0.25, -0.2) is 13.8 Å². The Morgan fingerprint density at radius 2 is 1.94 bits per heavy atom. The van der Waals surface area contributed by atoms with Gasteiger partial charge >= 0.3 is 6.18 Å². The van der Waals surface area contributed by atoms with Crippen LogP contribution in [0.25, 0.3) is 0 Å². The molecular formula is C8H5BrF5NO. The molecule has 0 bridgehead atoms. The number of pyridine rings is 1.